The molecule has 5 nitrogen and oxygen atoms in total. The highest BCUT2D eigenvalue weighted by atomic mass is 35.5. The summed E-state index contributed by atoms with van der Waals surface area (Å²) in [5.74, 6) is -0.283. The number of nitriles is 1. The normalized spacial score (nSPS) is 12.5. The van der Waals surface area contributed by atoms with Crippen molar-refractivity contribution in [1.29, 1.82) is 5.26 Å². The van der Waals surface area contributed by atoms with Gasteiger partial charge in [0, 0.05) is 39.0 Å². The van der Waals surface area contributed by atoms with Gasteiger partial charge in [-0.3, -0.25) is 4.79 Å². The molecule has 35 heavy (non-hydrogen) atoms. The molecule has 0 saturated carbocycles. The Hall–Kier alpha value is -3.20. The predicted molar refractivity (Wildman–Crippen MR) is 148 cm³/mol. The number of benzene rings is 2. The third kappa shape index (κ3) is 8.20. The van der Waals surface area contributed by atoms with Crippen molar-refractivity contribution in [3.63, 3.8) is 0 Å². The third-order valence-corrected chi connectivity index (χ3v) is 5.38. The first-order chi connectivity index (χ1) is 16.5. The molecule has 2 aromatic carbocycles. The Balaban J connectivity index is 2.57. The Morgan fingerprint density at radius 2 is 1.69 bits per heavy atom. The van der Waals surface area contributed by atoms with E-state index in [0.29, 0.717) is 26.9 Å². The van der Waals surface area contributed by atoms with E-state index in [1.54, 1.807) is 30.3 Å². The van der Waals surface area contributed by atoms with Crippen molar-refractivity contribution >= 4 is 40.5 Å². The van der Waals surface area contributed by atoms with E-state index in [4.69, 9.17) is 23.2 Å². The van der Waals surface area contributed by atoms with Gasteiger partial charge in [-0.25, -0.2) is 0 Å². The van der Waals surface area contributed by atoms with Crippen molar-refractivity contribution < 1.29 is 4.79 Å². The lowest BCUT2D eigenvalue weighted by Gasteiger charge is -2.25. The SMILES string of the molecule is C=C(Cl)/C=C\C(=C/C)C(NC(=O)c1ccc(C#N)c(NC(C)C)c1)c1ccc(Cl)cc1NC(C)C. The fourth-order valence-corrected chi connectivity index (χ4v) is 3.77. The van der Waals surface area contributed by atoms with Gasteiger partial charge < -0.3 is 16.0 Å². The average Bonchev–Trinajstić information content (AvgIpc) is 2.77. The van der Waals surface area contributed by atoms with Gasteiger partial charge in [-0.15, -0.1) is 0 Å². The highest BCUT2D eigenvalue weighted by Gasteiger charge is 2.22. The van der Waals surface area contributed by atoms with Crippen LogP contribution in [-0.2, 0) is 0 Å². The van der Waals surface area contributed by atoms with Gasteiger partial charge >= 0.3 is 0 Å². The smallest absolute Gasteiger partial charge is 0.252 e. The van der Waals surface area contributed by atoms with Gasteiger partial charge in [0.1, 0.15) is 6.07 Å². The van der Waals surface area contributed by atoms with E-state index in [1.165, 1.54) is 0 Å². The van der Waals surface area contributed by atoms with Crippen molar-refractivity contribution in [3.8, 4) is 6.07 Å². The van der Waals surface area contributed by atoms with Gasteiger partial charge in [0.15, 0.2) is 0 Å². The standard InChI is InChI=1S/C28H32Cl2N4O/c1-7-20(9-8-19(6)29)27(24-13-12-23(30)15-26(24)33-18(4)5)34-28(35)21-10-11-22(16-31)25(14-21)32-17(2)3/h7-15,17-18,27,32-33H,6H2,1-5H3,(H,34,35)/b9-8-,20-7+. The van der Waals surface area contributed by atoms with Crippen LogP contribution in [0.25, 0.3) is 0 Å². The molecule has 0 bridgehead atoms. The van der Waals surface area contributed by atoms with E-state index in [1.807, 2.05) is 58.9 Å². The van der Waals surface area contributed by atoms with Crippen molar-refractivity contribution in [2.75, 3.05) is 10.6 Å². The Bertz CT molecular complexity index is 1180. The van der Waals surface area contributed by atoms with Crippen molar-refractivity contribution in [1.82, 2.24) is 5.32 Å². The van der Waals surface area contributed by atoms with Crippen LogP contribution in [0.5, 0.6) is 0 Å². The number of hydrogen-bond acceptors (Lipinski definition) is 4. The number of allylic oxidation sites excluding steroid dienone is 3. The number of halogens is 2. The monoisotopic (exact) mass is 510 g/mol. The Labute approximate surface area is 218 Å². The van der Waals surface area contributed by atoms with Crippen LogP contribution in [0.15, 0.2) is 71.8 Å². The summed E-state index contributed by atoms with van der Waals surface area (Å²) in [6.45, 7) is 13.6. The van der Waals surface area contributed by atoms with Crippen LogP contribution in [0.2, 0.25) is 5.02 Å². The fraction of sp³-hybridized carbons (Fsp3) is 0.286. The molecule has 0 aliphatic rings. The minimum atomic E-state index is -0.504. The maximum absolute atomic E-state index is 13.5. The first kappa shape index (κ1) is 28.0. The van der Waals surface area contributed by atoms with E-state index in [0.717, 1.165) is 16.8 Å². The molecule has 7 heteroatoms. The van der Waals surface area contributed by atoms with E-state index in [9.17, 15) is 10.1 Å². The highest BCUT2D eigenvalue weighted by Crippen LogP contribution is 2.33. The van der Waals surface area contributed by atoms with Gasteiger partial charge in [-0.2, -0.15) is 5.26 Å². The van der Waals surface area contributed by atoms with Crippen LogP contribution in [0.4, 0.5) is 11.4 Å². The molecule has 184 valence electrons. The molecule has 0 spiro atoms. The van der Waals surface area contributed by atoms with Gasteiger partial charge in [0.25, 0.3) is 5.91 Å². The fourth-order valence-electron chi connectivity index (χ4n) is 3.53. The summed E-state index contributed by atoms with van der Waals surface area (Å²) in [5.41, 5.74) is 4.02. The zero-order chi connectivity index (χ0) is 26.1. The largest absolute Gasteiger partial charge is 0.383 e. The molecule has 3 N–H and O–H groups in total. The zero-order valence-corrected chi connectivity index (χ0v) is 22.3. The number of hydrogen-bond donors (Lipinski definition) is 3. The second-order valence-electron chi connectivity index (χ2n) is 8.68. The topological polar surface area (TPSA) is 77.0 Å². The molecule has 0 radical (unpaired) electrons. The first-order valence-electron chi connectivity index (χ1n) is 11.4. The molecule has 1 atom stereocenters. The molecule has 0 saturated heterocycles. The van der Waals surface area contributed by atoms with Crippen LogP contribution < -0.4 is 16.0 Å². The van der Waals surface area contributed by atoms with Gasteiger partial charge in [-0.1, -0.05) is 48.0 Å². The number of amides is 1. The summed E-state index contributed by atoms with van der Waals surface area (Å²) >= 11 is 12.3. The third-order valence-electron chi connectivity index (χ3n) is 5.02. The molecule has 1 unspecified atom stereocenters. The zero-order valence-electron chi connectivity index (χ0n) is 20.7. The number of nitrogens with zero attached hydrogens (tertiary/aromatic N) is 1. The van der Waals surface area contributed by atoms with Crippen LogP contribution >= 0.6 is 23.2 Å². The minimum absolute atomic E-state index is 0.107. The van der Waals surface area contributed by atoms with Crippen molar-refractivity contribution in [3.05, 3.63) is 93.5 Å². The number of anilines is 2. The Morgan fingerprint density at radius 3 is 2.26 bits per heavy atom. The van der Waals surface area contributed by atoms with Gasteiger partial charge in [0.05, 0.1) is 17.3 Å². The lowest BCUT2D eigenvalue weighted by Crippen LogP contribution is -2.30. The Kier molecular flexibility index (Phi) is 10.4. The van der Waals surface area contributed by atoms with Crippen LogP contribution in [0.3, 0.4) is 0 Å². The van der Waals surface area contributed by atoms with E-state index >= 15 is 0 Å². The summed E-state index contributed by atoms with van der Waals surface area (Å²) < 4.78 is 0. The first-order valence-corrected chi connectivity index (χ1v) is 12.2. The molecule has 0 aliphatic carbocycles. The van der Waals surface area contributed by atoms with E-state index in [-0.39, 0.29) is 18.0 Å². The predicted octanol–water partition coefficient (Wildman–Crippen LogP) is 7.58. The number of carbonyl (C=O) groups is 1. The Morgan fingerprint density at radius 1 is 1.03 bits per heavy atom. The molecular weight excluding hydrogens is 479 g/mol. The van der Waals surface area contributed by atoms with E-state index < -0.39 is 6.04 Å². The molecule has 2 rings (SSSR count). The minimum Gasteiger partial charge on any atom is -0.383 e. The average molecular weight is 511 g/mol. The maximum Gasteiger partial charge on any atom is 0.252 e. The second-order valence-corrected chi connectivity index (χ2v) is 9.60. The summed E-state index contributed by atoms with van der Waals surface area (Å²) in [5, 5.41) is 20.2. The van der Waals surface area contributed by atoms with Crippen LogP contribution in [0.1, 0.15) is 62.1 Å². The summed E-state index contributed by atoms with van der Waals surface area (Å²) in [4.78, 5) is 13.5. The van der Waals surface area contributed by atoms with Gasteiger partial charge in [0.2, 0.25) is 0 Å². The van der Waals surface area contributed by atoms with Gasteiger partial charge in [-0.05, 0) is 76.6 Å². The maximum atomic E-state index is 13.5. The molecule has 0 aliphatic heterocycles. The molecule has 0 fully saturated rings. The van der Waals surface area contributed by atoms with Crippen LogP contribution in [-0.4, -0.2) is 18.0 Å². The summed E-state index contributed by atoms with van der Waals surface area (Å²) in [6, 6.07) is 12.5. The van der Waals surface area contributed by atoms with E-state index in [2.05, 4.69) is 28.6 Å². The number of carbonyl (C=O) groups excluding carboxylic acids is 1. The molecule has 0 aromatic heterocycles. The summed E-state index contributed by atoms with van der Waals surface area (Å²) in [6.07, 6.45) is 5.44. The second kappa shape index (κ2) is 13.0. The number of rotatable bonds is 10. The molecule has 2 aromatic rings. The van der Waals surface area contributed by atoms with Crippen LogP contribution in [0, 0.1) is 11.3 Å². The summed E-state index contributed by atoms with van der Waals surface area (Å²) in [7, 11) is 0. The van der Waals surface area contributed by atoms with Crippen molar-refractivity contribution in [2.24, 2.45) is 0 Å². The highest BCUT2D eigenvalue weighted by molar-refractivity contribution is 6.31. The lowest BCUT2D eigenvalue weighted by molar-refractivity contribution is 0.0943. The molecular formula is C28H32Cl2N4O. The van der Waals surface area contributed by atoms with Crippen molar-refractivity contribution in [2.45, 2.75) is 52.7 Å². The quantitative estimate of drug-likeness (QED) is 0.288. The molecule has 1 amide bonds. The molecule has 0 heterocycles. The lowest BCUT2D eigenvalue weighted by atomic mass is 9.95. The number of nitrogens with one attached hydrogen (secondary N) is 3.